The van der Waals surface area contributed by atoms with E-state index in [4.69, 9.17) is 5.73 Å². The standard InChI is InChI=1S/C11H16FN3O/c1-2-8(7-13)14-11(16)15-10-6-4-3-5-9(10)12/h3-6,8H,2,7,13H2,1H3,(H2,14,15,16). The summed E-state index contributed by atoms with van der Waals surface area (Å²) in [6.07, 6.45) is 0.737. The van der Waals surface area contributed by atoms with Crippen molar-refractivity contribution in [3.8, 4) is 0 Å². The van der Waals surface area contributed by atoms with Gasteiger partial charge in [-0.2, -0.15) is 0 Å². The van der Waals surface area contributed by atoms with Gasteiger partial charge in [0, 0.05) is 12.6 Å². The average molecular weight is 225 g/mol. The van der Waals surface area contributed by atoms with Crippen molar-refractivity contribution in [1.82, 2.24) is 5.32 Å². The molecule has 0 aliphatic carbocycles. The van der Waals surface area contributed by atoms with Crippen LogP contribution in [0.25, 0.3) is 0 Å². The Kier molecular flexibility index (Phi) is 4.72. The Hall–Kier alpha value is -1.62. The van der Waals surface area contributed by atoms with Gasteiger partial charge in [-0.15, -0.1) is 0 Å². The van der Waals surface area contributed by atoms with Crippen LogP contribution in [-0.4, -0.2) is 18.6 Å². The number of nitrogens with two attached hydrogens (primary N) is 1. The number of halogens is 1. The molecule has 1 aromatic carbocycles. The van der Waals surface area contributed by atoms with Crippen molar-refractivity contribution in [3.05, 3.63) is 30.1 Å². The van der Waals surface area contributed by atoms with Gasteiger partial charge in [-0.3, -0.25) is 0 Å². The summed E-state index contributed by atoms with van der Waals surface area (Å²) in [6, 6.07) is 5.47. The molecule has 0 aliphatic rings. The van der Waals surface area contributed by atoms with Gasteiger partial charge in [-0.25, -0.2) is 9.18 Å². The molecule has 1 atom stereocenters. The molecule has 1 aromatic rings. The lowest BCUT2D eigenvalue weighted by atomic mass is 10.2. The van der Waals surface area contributed by atoms with E-state index in [1.807, 2.05) is 6.92 Å². The number of rotatable bonds is 4. The lowest BCUT2D eigenvalue weighted by Crippen LogP contribution is -2.42. The second kappa shape index (κ2) is 6.07. The molecule has 2 amide bonds. The molecule has 4 N–H and O–H groups in total. The van der Waals surface area contributed by atoms with Crippen LogP contribution in [0.15, 0.2) is 24.3 Å². The van der Waals surface area contributed by atoms with Crippen molar-refractivity contribution in [2.75, 3.05) is 11.9 Å². The van der Waals surface area contributed by atoms with Gasteiger partial charge in [0.25, 0.3) is 0 Å². The third-order valence-electron chi connectivity index (χ3n) is 2.23. The number of anilines is 1. The number of urea groups is 1. The van der Waals surface area contributed by atoms with Gasteiger partial charge in [0.1, 0.15) is 5.82 Å². The van der Waals surface area contributed by atoms with Crippen molar-refractivity contribution in [3.63, 3.8) is 0 Å². The van der Waals surface area contributed by atoms with E-state index in [1.54, 1.807) is 12.1 Å². The molecular weight excluding hydrogens is 209 g/mol. The van der Waals surface area contributed by atoms with Crippen LogP contribution < -0.4 is 16.4 Å². The van der Waals surface area contributed by atoms with Crippen LogP contribution in [0.1, 0.15) is 13.3 Å². The molecule has 0 fully saturated rings. The Labute approximate surface area is 94.0 Å². The van der Waals surface area contributed by atoms with Gasteiger partial charge in [0.2, 0.25) is 0 Å². The van der Waals surface area contributed by atoms with Gasteiger partial charge in [0.05, 0.1) is 5.69 Å². The first-order chi connectivity index (χ1) is 7.67. The summed E-state index contributed by atoms with van der Waals surface area (Å²) in [7, 11) is 0. The van der Waals surface area contributed by atoms with Crippen LogP contribution in [0, 0.1) is 5.82 Å². The summed E-state index contributed by atoms with van der Waals surface area (Å²) < 4.78 is 13.2. The van der Waals surface area contributed by atoms with E-state index in [1.165, 1.54) is 12.1 Å². The van der Waals surface area contributed by atoms with E-state index in [0.717, 1.165) is 6.42 Å². The highest BCUT2D eigenvalue weighted by atomic mass is 19.1. The number of amides is 2. The maximum Gasteiger partial charge on any atom is 0.319 e. The van der Waals surface area contributed by atoms with E-state index in [9.17, 15) is 9.18 Å². The highest BCUT2D eigenvalue weighted by Gasteiger charge is 2.09. The summed E-state index contributed by atoms with van der Waals surface area (Å²) in [5, 5.41) is 5.08. The van der Waals surface area contributed by atoms with Crippen LogP contribution >= 0.6 is 0 Å². The molecule has 88 valence electrons. The van der Waals surface area contributed by atoms with Crippen LogP contribution in [-0.2, 0) is 0 Å². The first kappa shape index (κ1) is 12.4. The van der Waals surface area contributed by atoms with Crippen molar-refractivity contribution in [1.29, 1.82) is 0 Å². The minimum absolute atomic E-state index is 0.0910. The minimum Gasteiger partial charge on any atom is -0.334 e. The van der Waals surface area contributed by atoms with E-state index >= 15 is 0 Å². The third-order valence-corrected chi connectivity index (χ3v) is 2.23. The highest BCUT2D eigenvalue weighted by molar-refractivity contribution is 5.89. The zero-order chi connectivity index (χ0) is 12.0. The van der Waals surface area contributed by atoms with Gasteiger partial charge in [0.15, 0.2) is 0 Å². The Bertz CT molecular complexity index is 353. The normalized spacial score (nSPS) is 11.9. The third kappa shape index (κ3) is 3.51. The van der Waals surface area contributed by atoms with Crippen molar-refractivity contribution in [2.24, 2.45) is 5.73 Å². The average Bonchev–Trinajstić information content (AvgIpc) is 2.29. The van der Waals surface area contributed by atoms with E-state index in [2.05, 4.69) is 10.6 Å². The Morgan fingerprint density at radius 3 is 2.75 bits per heavy atom. The van der Waals surface area contributed by atoms with Crippen LogP contribution in [0.4, 0.5) is 14.9 Å². The molecule has 5 heteroatoms. The predicted molar refractivity (Wildman–Crippen MR) is 61.7 cm³/mol. The second-order valence-electron chi connectivity index (χ2n) is 3.42. The highest BCUT2D eigenvalue weighted by Crippen LogP contribution is 2.11. The molecule has 0 heterocycles. The number of nitrogens with one attached hydrogen (secondary N) is 2. The molecular formula is C11H16FN3O. The predicted octanol–water partition coefficient (Wildman–Crippen LogP) is 1.68. The van der Waals surface area contributed by atoms with Crippen molar-refractivity contribution < 1.29 is 9.18 Å². The molecule has 16 heavy (non-hydrogen) atoms. The smallest absolute Gasteiger partial charge is 0.319 e. The maximum absolute atomic E-state index is 13.2. The summed E-state index contributed by atoms with van der Waals surface area (Å²) >= 11 is 0. The molecule has 0 aliphatic heterocycles. The number of para-hydroxylation sites is 1. The second-order valence-corrected chi connectivity index (χ2v) is 3.42. The molecule has 0 spiro atoms. The van der Waals surface area contributed by atoms with Crippen molar-refractivity contribution in [2.45, 2.75) is 19.4 Å². The molecule has 0 saturated carbocycles. The van der Waals surface area contributed by atoms with E-state index in [-0.39, 0.29) is 11.7 Å². The summed E-state index contributed by atoms with van der Waals surface area (Å²) in [5.41, 5.74) is 5.60. The summed E-state index contributed by atoms with van der Waals surface area (Å²) in [5.74, 6) is -0.460. The van der Waals surface area contributed by atoms with Crippen LogP contribution in [0.3, 0.4) is 0 Å². The van der Waals surface area contributed by atoms with Gasteiger partial charge in [-0.05, 0) is 18.6 Å². The molecule has 1 rings (SSSR count). The molecule has 0 radical (unpaired) electrons. The van der Waals surface area contributed by atoms with Gasteiger partial charge < -0.3 is 16.4 Å². The Morgan fingerprint density at radius 1 is 1.50 bits per heavy atom. The van der Waals surface area contributed by atoms with E-state index < -0.39 is 11.8 Å². The molecule has 1 unspecified atom stereocenters. The first-order valence-electron chi connectivity index (χ1n) is 5.19. The molecule has 0 bridgehead atoms. The first-order valence-corrected chi connectivity index (χ1v) is 5.19. The molecule has 0 aromatic heterocycles. The zero-order valence-electron chi connectivity index (χ0n) is 9.16. The fourth-order valence-corrected chi connectivity index (χ4v) is 1.23. The van der Waals surface area contributed by atoms with Crippen LogP contribution in [0.2, 0.25) is 0 Å². The lowest BCUT2D eigenvalue weighted by Gasteiger charge is -2.15. The molecule has 0 saturated heterocycles. The number of benzene rings is 1. The SMILES string of the molecule is CCC(CN)NC(=O)Nc1ccccc1F. The monoisotopic (exact) mass is 225 g/mol. The topological polar surface area (TPSA) is 67.1 Å². The fourth-order valence-electron chi connectivity index (χ4n) is 1.23. The fraction of sp³-hybridized carbons (Fsp3) is 0.364. The number of hydrogen-bond donors (Lipinski definition) is 3. The zero-order valence-corrected chi connectivity index (χ0v) is 9.16. The summed E-state index contributed by atoms with van der Waals surface area (Å²) in [4.78, 5) is 11.4. The lowest BCUT2D eigenvalue weighted by molar-refractivity contribution is 0.248. The number of hydrogen-bond acceptors (Lipinski definition) is 2. The Balaban J connectivity index is 2.55. The Morgan fingerprint density at radius 2 is 2.19 bits per heavy atom. The van der Waals surface area contributed by atoms with Gasteiger partial charge in [-0.1, -0.05) is 19.1 Å². The minimum atomic E-state index is -0.460. The van der Waals surface area contributed by atoms with Crippen LogP contribution in [0.5, 0.6) is 0 Å². The van der Waals surface area contributed by atoms with Gasteiger partial charge >= 0.3 is 6.03 Å². The number of carbonyl (C=O) groups is 1. The maximum atomic E-state index is 13.2. The largest absolute Gasteiger partial charge is 0.334 e. The van der Waals surface area contributed by atoms with Crippen molar-refractivity contribution >= 4 is 11.7 Å². The summed E-state index contributed by atoms with van der Waals surface area (Å²) in [6.45, 7) is 2.28. The molecule has 4 nitrogen and oxygen atoms in total. The number of carbonyl (C=O) groups excluding carboxylic acids is 1. The van der Waals surface area contributed by atoms with E-state index in [0.29, 0.717) is 6.54 Å². The quantitative estimate of drug-likeness (QED) is 0.729.